The van der Waals surface area contributed by atoms with E-state index in [9.17, 15) is 14.9 Å². The average Bonchev–Trinajstić information content (AvgIpc) is 2.63. The highest BCUT2D eigenvalue weighted by Gasteiger charge is 2.16. The molecule has 0 radical (unpaired) electrons. The highest BCUT2D eigenvalue weighted by atomic mass is 16.6. The van der Waals surface area contributed by atoms with Crippen LogP contribution < -0.4 is 10.2 Å². The lowest BCUT2D eigenvalue weighted by Gasteiger charge is -2.27. The van der Waals surface area contributed by atoms with Crippen molar-refractivity contribution in [2.24, 2.45) is 0 Å². The fourth-order valence-corrected chi connectivity index (χ4v) is 2.66. The Morgan fingerprint density at radius 3 is 2.71 bits per heavy atom. The first-order valence-electron chi connectivity index (χ1n) is 7.76. The summed E-state index contributed by atoms with van der Waals surface area (Å²) in [7, 11) is 0. The van der Waals surface area contributed by atoms with Crippen LogP contribution in [0.4, 0.5) is 17.2 Å². The van der Waals surface area contributed by atoms with E-state index in [1.165, 1.54) is 30.9 Å². The van der Waals surface area contributed by atoms with Crippen LogP contribution in [-0.4, -0.2) is 33.9 Å². The van der Waals surface area contributed by atoms with Crippen LogP contribution in [0.25, 0.3) is 0 Å². The van der Waals surface area contributed by atoms with Gasteiger partial charge in [-0.05, 0) is 25.3 Å². The molecule has 2 aromatic rings. The molecule has 0 spiro atoms. The molecule has 8 heteroatoms. The molecule has 0 bridgehead atoms. The lowest BCUT2D eigenvalue weighted by molar-refractivity contribution is -0.384. The summed E-state index contributed by atoms with van der Waals surface area (Å²) in [4.78, 5) is 33.0. The van der Waals surface area contributed by atoms with Gasteiger partial charge in [0.2, 0.25) is 0 Å². The lowest BCUT2D eigenvalue weighted by atomic mass is 10.1. The van der Waals surface area contributed by atoms with Crippen molar-refractivity contribution in [3.05, 3.63) is 52.5 Å². The normalized spacial score (nSPS) is 14.2. The minimum atomic E-state index is -0.505. The zero-order chi connectivity index (χ0) is 16.9. The Morgan fingerprint density at radius 1 is 1.17 bits per heavy atom. The second-order valence-electron chi connectivity index (χ2n) is 5.57. The zero-order valence-corrected chi connectivity index (χ0v) is 13.0. The molecule has 0 aliphatic carbocycles. The van der Waals surface area contributed by atoms with E-state index in [0.29, 0.717) is 5.69 Å². The molecular formula is C16H17N5O3. The van der Waals surface area contributed by atoms with Crippen molar-refractivity contribution in [3.8, 4) is 0 Å². The number of carbonyl (C=O) groups is 1. The minimum Gasteiger partial charge on any atom is -0.357 e. The molecule has 1 fully saturated rings. The van der Waals surface area contributed by atoms with Crippen molar-refractivity contribution in [2.45, 2.75) is 19.3 Å². The topological polar surface area (TPSA) is 101 Å². The highest BCUT2D eigenvalue weighted by molar-refractivity contribution is 6.03. The number of carbonyl (C=O) groups excluding carboxylic acids is 1. The Bertz CT molecular complexity index is 759. The van der Waals surface area contributed by atoms with Crippen molar-refractivity contribution in [2.75, 3.05) is 23.3 Å². The van der Waals surface area contributed by atoms with Crippen molar-refractivity contribution in [1.82, 2.24) is 9.97 Å². The first-order chi connectivity index (χ1) is 11.6. The van der Waals surface area contributed by atoms with Crippen molar-refractivity contribution in [3.63, 3.8) is 0 Å². The van der Waals surface area contributed by atoms with Gasteiger partial charge in [-0.3, -0.25) is 14.9 Å². The third kappa shape index (κ3) is 3.65. The number of rotatable bonds is 4. The van der Waals surface area contributed by atoms with E-state index in [1.807, 2.05) is 0 Å². The Morgan fingerprint density at radius 2 is 1.96 bits per heavy atom. The van der Waals surface area contributed by atoms with E-state index in [-0.39, 0.29) is 11.4 Å². The Hall–Kier alpha value is -3.03. The van der Waals surface area contributed by atoms with Crippen LogP contribution in [0.5, 0.6) is 0 Å². The molecule has 24 heavy (non-hydrogen) atoms. The standard InChI is InChI=1S/C16H17N5O3/c22-16(19-12-5-4-6-13(9-12)21(23)24)14-10-15(18-11-17-14)20-7-2-1-3-8-20/h4-6,9-11H,1-3,7-8H2,(H,19,22). The summed E-state index contributed by atoms with van der Waals surface area (Å²) in [5, 5.41) is 13.4. The molecule has 3 rings (SSSR count). The third-order valence-electron chi connectivity index (χ3n) is 3.88. The van der Waals surface area contributed by atoms with E-state index in [4.69, 9.17) is 0 Å². The molecule has 0 atom stereocenters. The number of hydrogen-bond donors (Lipinski definition) is 1. The van der Waals surface area contributed by atoms with Crippen molar-refractivity contribution in [1.29, 1.82) is 0 Å². The molecule has 1 aromatic carbocycles. The number of benzene rings is 1. The summed E-state index contributed by atoms with van der Waals surface area (Å²) in [6, 6.07) is 7.45. The van der Waals surface area contributed by atoms with Crippen LogP contribution >= 0.6 is 0 Å². The molecule has 0 unspecified atom stereocenters. The Labute approximate surface area is 138 Å². The number of nitro groups is 1. The largest absolute Gasteiger partial charge is 0.357 e. The van der Waals surface area contributed by atoms with E-state index in [1.54, 1.807) is 12.1 Å². The maximum Gasteiger partial charge on any atom is 0.274 e. The Kier molecular flexibility index (Phi) is 4.64. The first-order valence-corrected chi connectivity index (χ1v) is 7.76. The smallest absolute Gasteiger partial charge is 0.274 e. The van der Waals surface area contributed by atoms with Crippen LogP contribution in [0.3, 0.4) is 0 Å². The van der Waals surface area contributed by atoms with Gasteiger partial charge in [0.1, 0.15) is 17.8 Å². The molecule has 1 N–H and O–H groups in total. The highest BCUT2D eigenvalue weighted by Crippen LogP contribution is 2.20. The lowest BCUT2D eigenvalue weighted by Crippen LogP contribution is -2.30. The van der Waals surface area contributed by atoms with Crippen molar-refractivity contribution >= 4 is 23.1 Å². The summed E-state index contributed by atoms with van der Waals surface area (Å²) >= 11 is 0. The number of nitrogens with zero attached hydrogens (tertiary/aromatic N) is 4. The van der Waals surface area contributed by atoms with Gasteiger partial charge in [0, 0.05) is 37.0 Å². The van der Waals surface area contributed by atoms with E-state index in [0.717, 1.165) is 31.7 Å². The molecule has 8 nitrogen and oxygen atoms in total. The molecular weight excluding hydrogens is 310 g/mol. The van der Waals surface area contributed by atoms with Gasteiger partial charge in [-0.1, -0.05) is 6.07 Å². The molecule has 1 aliphatic heterocycles. The minimum absolute atomic E-state index is 0.0792. The number of aromatic nitrogens is 2. The van der Waals surface area contributed by atoms with Gasteiger partial charge in [0.25, 0.3) is 11.6 Å². The van der Waals surface area contributed by atoms with Crippen molar-refractivity contribution < 1.29 is 9.72 Å². The van der Waals surface area contributed by atoms with Gasteiger partial charge in [-0.25, -0.2) is 9.97 Å². The fraction of sp³-hybridized carbons (Fsp3) is 0.312. The van der Waals surface area contributed by atoms with Gasteiger partial charge < -0.3 is 10.2 Å². The predicted molar refractivity (Wildman–Crippen MR) is 89.1 cm³/mol. The number of amides is 1. The van der Waals surface area contributed by atoms with Gasteiger partial charge in [-0.15, -0.1) is 0 Å². The maximum atomic E-state index is 12.3. The molecule has 124 valence electrons. The van der Waals surface area contributed by atoms with Crippen LogP contribution in [-0.2, 0) is 0 Å². The second kappa shape index (κ2) is 7.03. The fourth-order valence-electron chi connectivity index (χ4n) is 2.66. The summed E-state index contributed by atoms with van der Waals surface area (Å²) in [5.74, 6) is 0.310. The Balaban J connectivity index is 1.75. The SMILES string of the molecule is O=C(Nc1cccc([N+](=O)[O-])c1)c1cc(N2CCCCC2)ncn1. The maximum absolute atomic E-state index is 12.3. The summed E-state index contributed by atoms with van der Waals surface area (Å²) in [6.07, 6.45) is 4.80. The quantitative estimate of drug-likeness (QED) is 0.684. The molecule has 1 aliphatic rings. The number of nitro benzene ring substituents is 1. The van der Waals surface area contributed by atoms with Gasteiger partial charge in [0.15, 0.2) is 0 Å². The summed E-state index contributed by atoms with van der Waals surface area (Å²) < 4.78 is 0. The van der Waals surface area contributed by atoms with Crippen LogP contribution in [0.15, 0.2) is 36.7 Å². The third-order valence-corrected chi connectivity index (χ3v) is 3.88. The van der Waals surface area contributed by atoms with Gasteiger partial charge in [-0.2, -0.15) is 0 Å². The number of hydrogen-bond acceptors (Lipinski definition) is 6. The second-order valence-corrected chi connectivity index (χ2v) is 5.57. The number of anilines is 2. The number of nitrogens with one attached hydrogen (secondary N) is 1. The zero-order valence-electron chi connectivity index (χ0n) is 13.0. The van der Waals surface area contributed by atoms with Gasteiger partial charge in [0.05, 0.1) is 4.92 Å². The van der Waals surface area contributed by atoms with E-state index in [2.05, 4.69) is 20.2 Å². The average molecular weight is 327 g/mol. The van der Waals surface area contributed by atoms with Crippen LogP contribution in [0, 0.1) is 10.1 Å². The monoisotopic (exact) mass is 327 g/mol. The van der Waals surface area contributed by atoms with Crippen LogP contribution in [0.1, 0.15) is 29.8 Å². The summed E-state index contributed by atoms with van der Waals surface area (Å²) in [6.45, 7) is 1.84. The number of piperidine rings is 1. The predicted octanol–water partition coefficient (Wildman–Crippen LogP) is 2.63. The van der Waals surface area contributed by atoms with Gasteiger partial charge >= 0.3 is 0 Å². The summed E-state index contributed by atoms with van der Waals surface area (Å²) in [5.41, 5.74) is 0.508. The molecule has 1 saturated heterocycles. The molecule has 1 amide bonds. The van der Waals surface area contributed by atoms with E-state index >= 15 is 0 Å². The van der Waals surface area contributed by atoms with E-state index < -0.39 is 10.8 Å². The molecule has 1 aromatic heterocycles. The molecule has 0 saturated carbocycles. The van der Waals surface area contributed by atoms with Crippen LogP contribution in [0.2, 0.25) is 0 Å². The molecule has 2 heterocycles. The number of non-ortho nitro benzene ring substituents is 1. The first kappa shape index (κ1) is 15.9.